The molecular weight excluding hydrogens is 648 g/mol. The number of hydrogen-bond donors (Lipinski definition) is 2. The third-order valence-corrected chi connectivity index (χ3v) is 9.50. The molecule has 0 saturated carbocycles. The van der Waals surface area contributed by atoms with Crippen molar-refractivity contribution in [1.29, 1.82) is 0 Å². The van der Waals surface area contributed by atoms with Gasteiger partial charge in [-0.15, -0.1) is 0 Å². The van der Waals surface area contributed by atoms with E-state index in [1.165, 1.54) is 18.1 Å². The second-order valence-electron chi connectivity index (χ2n) is 13.1. The molecule has 6 rings (SSSR count). The second-order valence-corrected chi connectivity index (χ2v) is 13.1. The molecule has 2 aliphatic rings. The zero-order valence-corrected chi connectivity index (χ0v) is 29.6. The lowest BCUT2D eigenvalue weighted by Crippen LogP contribution is -2.41. The summed E-state index contributed by atoms with van der Waals surface area (Å²) in [4.78, 5) is 26.0. The number of benzene rings is 4. The summed E-state index contributed by atoms with van der Waals surface area (Å²) in [6.45, 7) is 5.59. The quantitative estimate of drug-likeness (QED) is 0.172. The van der Waals surface area contributed by atoms with Crippen LogP contribution in [0.2, 0.25) is 0 Å². The molecule has 0 radical (unpaired) electrons. The van der Waals surface area contributed by atoms with E-state index in [1.807, 2.05) is 60.7 Å². The number of carbonyl (C=O) groups excluding carboxylic acids is 2. The Bertz CT molecular complexity index is 1810. The van der Waals surface area contributed by atoms with E-state index in [0.29, 0.717) is 13.0 Å². The Morgan fingerprint density at radius 3 is 2.27 bits per heavy atom. The van der Waals surface area contributed by atoms with Gasteiger partial charge >= 0.3 is 5.97 Å². The molecule has 0 spiro atoms. The van der Waals surface area contributed by atoms with Gasteiger partial charge in [-0.3, -0.25) is 14.5 Å². The van der Waals surface area contributed by atoms with E-state index in [0.717, 1.165) is 70.9 Å². The highest BCUT2D eigenvalue weighted by Gasteiger charge is 2.34. The van der Waals surface area contributed by atoms with Gasteiger partial charge in [0.2, 0.25) is 0 Å². The highest BCUT2D eigenvalue weighted by atomic mass is 16.7. The standard InChI is InChI=1S/C41H46N2O8/c1-26(49-27(2)45)40(46)42-22-29-6-5-7-33(18-29)30-12-14-32(15-13-30)41-50-36(21-37(51-41)31-10-8-28(25-44)9-11-31)24-43-17-16-34-19-38(47-3)39(48-4)20-35(34)23-43/h5-15,18-20,26,36-37,41,44H,16-17,21-25H2,1-4H3,(H,42,46)/t26-,36-,37+,41+/m0/s1. The maximum Gasteiger partial charge on any atom is 0.303 e. The Morgan fingerprint density at radius 1 is 0.882 bits per heavy atom. The molecule has 0 aliphatic carbocycles. The lowest BCUT2D eigenvalue weighted by molar-refractivity contribution is -0.253. The molecule has 2 heterocycles. The number of hydrogen-bond acceptors (Lipinski definition) is 9. The topological polar surface area (TPSA) is 116 Å². The highest BCUT2D eigenvalue weighted by molar-refractivity contribution is 5.82. The molecule has 0 aromatic heterocycles. The molecule has 1 amide bonds. The number of methoxy groups -OCH3 is 2. The van der Waals surface area contributed by atoms with E-state index in [2.05, 4.69) is 34.5 Å². The number of ether oxygens (including phenoxy) is 5. The number of rotatable bonds is 12. The summed E-state index contributed by atoms with van der Waals surface area (Å²) in [5.74, 6) is 0.649. The zero-order chi connectivity index (χ0) is 35.9. The molecule has 2 N–H and O–H groups in total. The van der Waals surface area contributed by atoms with Gasteiger partial charge in [0.15, 0.2) is 23.9 Å². The molecular formula is C41H46N2O8. The van der Waals surface area contributed by atoms with Crippen LogP contribution in [0.1, 0.15) is 66.0 Å². The maximum atomic E-state index is 12.3. The molecule has 1 saturated heterocycles. The first-order valence-corrected chi connectivity index (χ1v) is 17.3. The fourth-order valence-electron chi connectivity index (χ4n) is 6.75. The van der Waals surface area contributed by atoms with Crippen molar-refractivity contribution >= 4 is 11.9 Å². The monoisotopic (exact) mass is 694 g/mol. The van der Waals surface area contributed by atoms with Crippen molar-refractivity contribution in [2.45, 2.75) is 71.0 Å². The minimum Gasteiger partial charge on any atom is -0.493 e. The summed E-state index contributed by atoms with van der Waals surface area (Å²) in [6.07, 6.45) is -0.0715. The molecule has 4 aromatic rings. The summed E-state index contributed by atoms with van der Waals surface area (Å²) in [5.41, 5.74) is 8.29. The van der Waals surface area contributed by atoms with Crippen LogP contribution >= 0.6 is 0 Å². The third kappa shape index (κ3) is 8.95. The molecule has 0 unspecified atom stereocenters. The molecule has 4 aromatic carbocycles. The minimum atomic E-state index is -0.855. The Hall–Kier alpha value is -4.74. The number of aliphatic hydroxyl groups is 1. The van der Waals surface area contributed by atoms with Gasteiger partial charge in [-0.05, 0) is 70.5 Å². The average molecular weight is 695 g/mol. The predicted octanol–water partition coefficient (Wildman–Crippen LogP) is 6.03. The second kappa shape index (κ2) is 16.5. The van der Waals surface area contributed by atoms with Gasteiger partial charge in [-0.2, -0.15) is 0 Å². The predicted molar refractivity (Wildman–Crippen MR) is 192 cm³/mol. The van der Waals surface area contributed by atoms with Gasteiger partial charge in [-0.25, -0.2) is 0 Å². The maximum absolute atomic E-state index is 12.3. The number of aliphatic hydroxyl groups excluding tert-OH is 1. The highest BCUT2D eigenvalue weighted by Crippen LogP contribution is 2.40. The van der Waals surface area contributed by atoms with E-state index in [-0.39, 0.29) is 24.7 Å². The van der Waals surface area contributed by atoms with Gasteiger partial charge < -0.3 is 34.1 Å². The molecule has 10 nitrogen and oxygen atoms in total. The van der Waals surface area contributed by atoms with Crippen molar-refractivity contribution in [3.8, 4) is 22.6 Å². The summed E-state index contributed by atoms with van der Waals surface area (Å²) >= 11 is 0. The fraction of sp³-hybridized carbons (Fsp3) is 0.366. The normalized spacial score (nSPS) is 19.4. The molecule has 10 heteroatoms. The van der Waals surface area contributed by atoms with Gasteiger partial charge in [-0.1, -0.05) is 66.7 Å². The third-order valence-electron chi connectivity index (χ3n) is 9.50. The molecule has 4 atom stereocenters. The Kier molecular flexibility index (Phi) is 11.7. The van der Waals surface area contributed by atoms with Crippen molar-refractivity contribution in [2.24, 2.45) is 0 Å². The first-order chi connectivity index (χ1) is 24.7. The first-order valence-electron chi connectivity index (χ1n) is 17.3. The van der Waals surface area contributed by atoms with Gasteiger partial charge in [0.05, 0.1) is 33.0 Å². The van der Waals surface area contributed by atoms with Gasteiger partial charge in [0.1, 0.15) is 0 Å². The Balaban J connectivity index is 1.16. The van der Waals surface area contributed by atoms with E-state index in [1.54, 1.807) is 21.1 Å². The lowest BCUT2D eigenvalue weighted by Gasteiger charge is -2.39. The van der Waals surface area contributed by atoms with Crippen LogP contribution in [-0.4, -0.2) is 61.4 Å². The lowest BCUT2D eigenvalue weighted by atomic mass is 9.96. The van der Waals surface area contributed by atoms with Crippen LogP contribution in [0.5, 0.6) is 11.5 Å². The van der Waals surface area contributed by atoms with E-state index in [9.17, 15) is 14.7 Å². The van der Waals surface area contributed by atoms with E-state index >= 15 is 0 Å². The largest absolute Gasteiger partial charge is 0.493 e. The molecule has 268 valence electrons. The van der Waals surface area contributed by atoms with Crippen LogP contribution < -0.4 is 14.8 Å². The Labute approximate surface area is 299 Å². The Morgan fingerprint density at radius 2 is 1.59 bits per heavy atom. The van der Waals surface area contributed by atoms with E-state index in [4.69, 9.17) is 23.7 Å². The van der Waals surface area contributed by atoms with Crippen molar-refractivity contribution in [1.82, 2.24) is 10.2 Å². The molecule has 51 heavy (non-hydrogen) atoms. The van der Waals surface area contributed by atoms with Gasteiger partial charge in [0.25, 0.3) is 5.91 Å². The number of carbonyl (C=O) groups is 2. The van der Waals surface area contributed by atoms with Gasteiger partial charge in [0, 0.05) is 45.1 Å². The molecule has 0 bridgehead atoms. The van der Waals surface area contributed by atoms with Crippen LogP contribution in [0.15, 0.2) is 84.9 Å². The summed E-state index contributed by atoms with van der Waals surface area (Å²) < 4.78 is 29.4. The SMILES string of the molecule is COc1cc2c(cc1OC)CN(C[C@@H]1C[C@H](c3ccc(CO)cc3)O[C@H](c3ccc(-c4cccc(CNC(=O)[C@H](C)OC(C)=O)c4)cc3)O1)CC2. The van der Waals surface area contributed by atoms with Crippen LogP contribution in [-0.2, 0) is 49.9 Å². The number of nitrogens with zero attached hydrogens (tertiary/aromatic N) is 1. The zero-order valence-electron chi connectivity index (χ0n) is 29.6. The molecule has 1 fully saturated rings. The van der Waals surface area contributed by atoms with Crippen molar-refractivity contribution in [2.75, 3.05) is 27.3 Å². The summed E-state index contributed by atoms with van der Waals surface area (Å²) in [7, 11) is 3.33. The van der Waals surface area contributed by atoms with E-state index < -0.39 is 18.4 Å². The number of fused-ring (bicyclic) bond motifs is 1. The van der Waals surface area contributed by atoms with Crippen molar-refractivity contribution < 1.29 is 38.4 Å². The number of esters is 1. The summed E-state index contributed by atoms with van der Waals surface area (Å²) in [6, 6.07) is 28.3. The molecule has 2 aliphatic heterocycles. The van der Waals surface area contributed by atoms with Crippen LogP contribution in [0, 0.1) is 0 Å². The minimum absolute atomic E-state index is 0.00750. The smallest absolute Gasteiger partial charge is 0.303 e. The van der Waals surface area contributed by atoms with Crippen molar-refractivity contribution in [3.05, 3.63) is 118 Å². The summed E-state index contributed by atoms with van der Waals surface area (Å²) in [5, 5.41) is 12.4. The van der Waals surface area contributed by atoms with Crippen LogP contribution in [0.3, 0.4) is 0 Å². The first kappa shape index (κ1) is 36.1. The van der Waals surface area contributed by atoms with Crippen LogP contribution in [0.4, 0.5) is 0 Å². The van der Waals surface area contributed by atoms with Crippen molar-refractivity contribution in [3.63, 3.8) is 0 Å². The fourth-order valence-corrected chi connectivity index (χ4v) is 6.75. The number of amides is 1. The van der Waals surface area contributed by atoms with Crippen LogP contribution in [0.25, 0.3) is 11.1 Å². The number of nitrogens with one attached hydrogen (secondary N) is 1. The average Bonchev–Trinajstić information content (AvgIpc) is 3.16.